The first-order chi connectivity index (χ1) is 6.27. The monoisotopic (exact) mass is 227 g/mol. The minimum atomic E-state index is -3.54. The lowest BCUT2D eigenvalue weighted by Gasteiger charge is -2.34. The summed E-state index contributed by atoms with van der Waals surface area (Å²) in [6, 6.07) is -0.186. The molecule has 1 saturated carbocycles. The highest BCUT2D eigenvalue weighted by Crippen LogP contribution is 2.41. The molecule has 0 spiro atoms. The van der Waals surface area contributed by atoms with Crippen LogP contribution in [0, 0.1) is 0 Å². The Morgan fingerprint density at radius 2 is 2.00 bits per heavy atom. The molecule has 6 heteroatoms. The molecular weight excluding hydrogens is 212 g/mol. The summed E-state index contributed by atoms with van der Waals surface area (Å²) in [4.78, 5) is 0. The average Bonchev–Trinajstić information content (AvgIpc) is 1.99. The van der Waals surface area contributed by atoms with Gasteiger partial charge in [0.15, 0.2) is 0 Å². The Bertz CT molecular complexity index is 294. The molecule has 1 N–H and O–H groups in total. The number of rotatable bonds is 4. The molecule has 0 aromatic rings. The number of hydrogen-bond donors (Lipinski definition) is 1. The molecule has 1 rings (SSSR count). The third-order valence-corrected chi connectivity index (χ3v) is 4.41. The molecule has 1 aliphatic rings. The van der Waals surface area contributed by atoms with Gasteiger partial charge in [-0.25, -0.2) is 21.9 Å². The standard InChI is InChI=1S/C8H15F2NO2S/c1-3-6(2)11-14(12,13)7-4-8(9,10)5-7/h6-7,11H,3-5H2,1-2H3. The lowest BCUT2D eigenvalue weighted by Crippen LogP contribution is -2.50. The molecule has 0 aromatic carbocycles. The molecule has 1 atom stereocenters. The van der Waals surface area contributed by atoms with E-state index >= 15 is 0 Å². The summed E-state index contributed by atoms with van der Waals surface area (Å²) in [5.74, 6) is -2.78. The molecule has 0 amide bonds. The van der Waals surface area contributed by atoms with Crippen molar-refractivity contribution in [3.63, 3.8) is 0 Å². The van der Waals surface area contributed by atoms with E-state index in [1.54, 1.807) is 6.92 Å². The Labute approximate surface area is 82.9 Å². The summed E-state index contributed by atoms with van der Waals surface area (Å²) in [5.41, 5.74) is 0. The topological polar surface area (TPSA) is 46.2 Å². The summed E-state index contributed by atoms with van der Waals surface area (Å²) in [6.07, 6.45) is -0.431. The molecule has 0 bridgehead atoms. The fourth-order valence-electron chi connectivity index (χ4n) is 1.29. The second-order valence-corrected chi connectivity index (χ2v) is 5.85. The fraction of sp³-hybridized carbons (Fsp3) is 1.00. The fourth-order valence-corrected chi connectivity index (χ4v) is 3.13. The minimum Gasteiger partial charge on any atom is -0.212 e. The predicted octanol–water partition coefficient (Wildman–Crippen LogP) is 1.50. The van der Waals surface area contributed by atoms with Crippen molar-refractivity contribution < 1.29 is 17.2 Å². The molecule has 1 unspecified atom stereocenters. The van der Waals surface area contributed by atoms with Gasteiger partial charge in [-0.05, 0) is 13.3 Å². The Balaban J connectivity index is 2.52. The van der Waals surface area contributed by atoms with Crippen molar-refractivity contribution in [2.24, 2.45) is 0 Å². The van der Waals surface area contributed by atoms with Crippen molar-refractivity contribution in [2.45, 2.75) is 50.3 Å². The van der Waals surface area contributed by atoms with Gasteiger partial charge in [0.05, 0.1) is 5.25 Å². The third kappa shape index (κ3) is 2.63. The van der Waals surface area contributed by atoms with E-state index in [0.29, 0.717) is 6.42 Å². The van der Waals surface area contributed by atoms with Gasteiger partial charge < -0.3 is 0 Å². The maximum atomic E-state index is 12.4. The summed E-state index contributed by atoms with van der Waals surface area (Å²) in [5, 5.41) is -0.911. The molecular formula is C8H15F2NO2S. The SMILES string of the molecule is CCC(C)NS(=O)(=O)C1CC(F)(F)C1. The van der Waals surface area contributed by atoms with Crippen molar-refractivity contribution >= 4 is 10.0 Å². The van der Waals surface area contributed by atoms with Crippen LogP contribution < -0.4 is 4.72 Å². The predicted molar refractivity (Wildman–Crippen MR) is 49.8 cm³/mol. The van der Waals surface area contributed by atoms with Crippen molar-refractivity contribution in [3.05, 3.63) is 0 Å². The number of hydrogen-bond acceptors (Lipinski definition) is 2. The Hall–Kier alpha value is -0.230. The summed E-state index contributed by atoms with van der Waals surface area (Å²) >= 11 is 0. The minimum absolute atomic E-state index is 0.186. The molecule has 0 saturated heterocycles. The Kier molecular flexibility index (Phi) is 3.16. The number of alkyl halides is 2. The molecule has 0 radical (unpaired) electrons. The maximum absolute atomic E-state index is 12.4. The highest BCUT2D eigenvalue weighted by Gasteiger charge is 2.51. The van der Waals surface area contributed by atoms with Crippen LogP contribution in [0.1, 0.15) is 33.1 Å². The van der Waals surface area contributed by atoms with Gasteiger partial charge in [0.1, 0.15) is 0 Å². The number of halogens is 2. The van der Waals surface area contributed by atoms with E-state index in [2.05, 4.69) is 4.72 Å². The van der Waals surface area contributed by atoms with Gasteiger partial charge in [0.25, 0.3) is 5.92 Å². The number of sulfonamides is 1. The zero-order valence-corrected chi connectivity index (χ0v) is 9.07. The van der Waals surface area contributed by atoms with Crippen LogP contribution in [0.4, 0.5) is 8.78 Å². The van der Waals surface area contributed by atoms with E-state index in [-0.39, 0.29) is 6.04 Å². The van der Waals surface area contributed by atoms with Crippen LogP contribution in [0.3, 0.4) is 0 Å². The van der Waals surface area contributed by atoms with Crippen molar-refractivity contribution in [3.8, 4) is 0 Å². The first-order valence-electron chi connectivity index (χ1n) is 4.66. The Morgan fingerprint density at radius 1 is 1.50 bits per heavy atom. The third-order valence-electron chi connectivity index (χ3n) is 2.47. The zero-order valence-electron chi connectivity index (χ0n) is 8.26. The van der Waals surface area contributed by atoms with Crippen LogP contribution in [0.15, 0.2) is 0 Å². The quantitative estimate of drug-likeness (QED) is 0.791. The van der Waals surface area contributed by atoms with Crippen molar-refractivity contribution in [2.75, 3.05) is 0 Å². The second-order valence-electron chi connectivity index (χ2n) is 3.86. The first-order valence-corrected chi connectivity index (χ1v) is 6.20. The zero-order chi connectivity index (χ0) is 11.0. The molecule has 3 nitrogen and oxygen atoms in total. The molecule has 1 fully saturated rings. The Morgan fingerprint density at radius 3 is 2.36 bits per heavy atom. The van der Waals surface area contributed by atoms with E-state index in [1.807, 2.05) is 6.92 Å². The molecule has 14 heavy (non-hydrogen) atoms. The molecule has 1 aliphatic carbocycles. The normalized spacial score (nSPS) is 24.3. The maximum Gasteiger partial charge on any atom is 0.250 e. The van der Waals surface area contributed by atoms with Gasteiger partial charge in [-0.15, -0.1) is 0 Å². The molecule has 0 aromatic heterocycles. The van der Waals surface area contributed by atoms with Gasteiger partial charge in [0, 0.05) is 18.9 Å². The highest BCUT2D eigenvalue weighted by atomic mass is 32.2. The summed E-state index contributed by atoms with van der Waals surface area (Å²) in [7, 11) is -3.54. The van der Waals surface area contributed by atoms with Crippen molar-refractivity contribution in [1.82, 2.24) is 4.72 Å². The van der Waals surface area contributed by atoms with Gasteiger partial charge in [0.2, 0.25) is 10.0 Å². The lowest BCUT2D eigenvalue weighted by molar-refractivity contribution is -0.0688. The smallest absolute Gasteiger partial charge is 0.212 e. The molecule has 84 valence electrons. The van der Waals surface area contributed by atoms with Gasteiger partial charge in [-0.1, -0.05) is 6.92 Å². The largest absolute Gasteiger partial charge is 0.250 e. The van der Waals surface area contributed by atoms with Crippen LogP contribution in [0.25, 0.3) is 0 Å². The van der Waals surface area contributed by atoms with Crippen LogP contribution in [0.5, 0.6) is 0 Å². The van der Waals surface area contributed by atoms with E-state index in [9.17, 15) is 17.2 Å². The van der Waals surface area contributed by atoms with Gasteiger partial charge >= 0.3 is 0 Å². The van der Waals surface area contributed by atoms with Crippen LogP contribution in [-0.4, -0.2) is 25.6 Å². The van der Waals surface area contributed by atoms with Crippen molar-refractivity contribution in [1.29, 1.82) is 0 Å². The summed E-state index contributed by atoms with van der Waals surface area (Å²) in [6.45, 7) is 3.55. The van der Waals surface area contributed by atoms with Crippen LogP contribution in [-0.2, 0) is 10.0 Å². The van der Waals surface area contributed by atoms with Gasteiger partial charge in [-0.2, -0.15) is 0 Å². The second kappa shape index (κ2) is 3.73. The van der Waals surface area contributed by atoms with E-state index in [0.717, 1.165) is 0 Å². The van der Waals surface area contributed by atoms with Crippen LogP contribution in [0.2, 0.25) is 0 Å². The van der Waals surface area contributed by atoms with E-state index in [1.165, 1.54) is 0 Å². The van der Waals surface area contributed by atoms with E-state index in [4.69, 9.17) is 0 Å². The van der Waals surface area contributed by atoms with Crippen LogP contribution >= 0.6 is 0 Å². The van der Waals surface area contributed by atoms with E-state index < -0.39 is 34.0 Å². The molecule has 0 heterocycles. The average molecular weight is 227 g/mol. The van der Waals surface area contributed by atoms with Gasteiger partial charge in [-0.3, -0.25) is 0 Å². The highest BCUT2D eigenvalue weighted by molar-refractivity contribution is 7.90. The summed E-state index contributed by atoms with van der Waals surface area (Å²) < 4.78 is 50.1. The lowest BCUT2D eigenvalue weighted by atomic mass is 9.94. The molecule has 0 aliphatic heterocycles. The number of nitrogens with one attached hydrogen (secondary N) is 1. The first kappa shape index (κ1) is 11.8.